The van der Waals surface area contributed by atoms with Crippen molar-refractivity contribution in [1.29, 1.82) is 0 Å². The van der Waals surface area contributed by atoms with E-state index in [1.807, 2.05) is 0 Å². The average Bonchev–Trinajstić information content (AvgIpc) is 3.34. The molecule has 2 aliphatic rings. The highest BCUT2D eigenvalue weighted by atomic mass is 16.6. The number of aliphatic hydroxyl groups excluding tert-OH is 2. The van der Waals surface area contributed by atoms with E-state index in [1.165, 1.54) is 0 Å². The summed E-state index contributed by atoms with van der Waals surface area (Å²) in [6.07, 6.45) is 2.15. The van der Waals surface area contributed by atoms with Gasteiger partial charge in [-0.15, -0.1) is 6.58 Å². The maximum Gasteiger partial charge on any atom is 0.411 e. The summed E-state index contributed by atoms with van der Waals surface area (Å²) in [4.78, 5) is 71.1. The smallest absolute Gasteiger partial charge is 0.411 e. The summed E-state index contributed by atoms with van der Waals surface area (Å²) < 4.78 is 10.4. The highest BCUT2D eigenvalue weighted by Gasteiger charge is 2.48. The fourth-order valence-corrected chi connectivity index (χ4v) is 4.43. The summed E-state index contributed by atoms with van der Waals surface area (Å²) in [7, 11) is 0. The second kappa shape index (κ2) is 14.3. The van der Waals surface area contributed by atoms with E-state index in [1.54, 1.807) is 66.7 Å². The highest BCUT2D eigenvalue weighted by Crippen LogP contribution is 2.29. The number of allylic oxidation sites excluding steroid dienone is 2. The van der Waals surface area contributed by atoms with Crippen LogP contribution in [0.1, 0.15) is 54.9 Å². The van der Waals surface area contributed by atoms with Crippen LogP contribution < -0.4 is 0 Å². The van der Waals surface area contributed by atoms with Gasteiger partial charge in [-0.3, -0.25) is 29.0 Å². The van der Waals surface area contributed by atoms with Gasteiger partial charge in [-0.2, -0.15) is 0 Å². The molecule has 2 saturated heterocycles. The molecule has 0 aromatic carbocycles. The summed E-state index contributed by atoms with van der Waals surface area (Å²) in [5, 5.41) is 20.2. The molecule has 0 bridgehead atoms. The minimum atomic E-state index is -1.18. The zero-order valence-corrected chi connectivity index (χ0v) is 24.2. The second-order valence-electron chi connectivity index (χ2n) is 11.7. The van der Waals surface area contributed by atoms with Crippen molar-refractivity contribution in [1.82, 2.24) is 9.80 Å². The molecule has 224 valence electrons. The number of amides is 2. The van der Waals surface area contributed by atoms with Crippen LogP contribution in [0.5, 0.6) is 0 Å². The van der Waals surface area contributed by atoms with Gasteiger partial charge in [0.1, 0.15) is 23.3 Å². The zero-order valence-electron chi connectivity index (χ0n) is 24.2. The molecular weight excluding hydrogens is 524 g/mol. The number of aldehydes is 2. The van der Waals surface area contributed by atoms with Crippen LogP contribution in [0, 0.1) is 11.8 Å². The van der Waals surface area contributed by atoms with E-state index in [9.17, 15) is 39.0 Å². The number of hydrogen-bond acceptors (Lipinski definition) is 10. The molecule has 0 unspecified atom stereocenters. The first kappa shape index (κ1) is 34.6. The monoisotopic (exact) mass is 566 g/mol. The van der Waals surface area contributed by atoms with Crippen LogP contribution in [-0.2, 0) is 28.7 Å². The topological polar surface area (TPSA) is 168 Å². The molecule has 0 spiro atoms. The Morgan fingerprint density at radius 3 is 1.62 bits per heavy atom. The van der Waals surface area contributed by atoms with E-state index in [-0.39, 0.29) is 37.5 Å². The van der Waals surface area contributed by atoms with Gasteiger partial charge in [0.15, 0.2) is 12.6 Å². The Hall–Kier alpha value is -3.38. The Morgan fingerprint density at radius 1 is 0.825 bits per heavy atom. The van der Waals surface area contributed by atoms with Gasteiger partial charge in [0.2, 0.25) is 11.6 Å². The average molecular weight is 567 g/mol. The third kappa shape index (κ3) is 9.37. The number of carbonyl (C=O) groups is 6. The Bertz CT molecular complexity index is 994. The number of hydrogen-bond donors (Lipinski definition) is 2. The van der Waals surface area contributed by atoms with Gasteiger partial charge in [-0.1, -0.05) is 18.2 Å². The van der Waals surface area contributed by atoms with Crippen LogP contribution in [0.3, 0.4) is 0 Å². The van der Waals surface area contributed by atoms with Crippen LogP contribution in [0.2, 0.25) is 0 Å². The van der Waals surface area contributed by atoms with Gasteiger partial charge < -0.3 is 19.7 Å². The van der Waals surface area contributed by atoms with Crippen molar-refractivity contribution in [3.63, 3.8) is 0 Å². The van der Waals surface area contributed by atoms with E-state index < -0.39 is 59.2 Å². The van der Waals surface area contributed by atoms with Crippen molar-refractivity contribution in [2.24, 2.45) is 11.8 Å². The summed E-state index contributed by atoms with van der Waals surface area (Å²) >= 11 is 0. The minimum Gasteiger partial charge on any atom is -0.444 e. The molecule has 6 atom stereocenters. The molecule has 0 radical (unpaired) electrons. The lowest BCUT2D eigenvalue weighted by Crippen LogP contribution is -2.47. The molecule has 40 heavy (non-hydrogen) atoms. The number of ether oxygens (including phenoxy) is 2. The lowest BCUT2D eigenvalue weighted by Gasteiger charge is -2.27. The molecule has 2 rings (SSSR count). The Kier molecular flexibility index (Phi) is 12.4. The Labute approximate surface area is 235 Å². The Balaban J connectivity index is 0.000000400. The molecule has 2 fully saturated rings. The van der Waals surface area contributed by atoms with Crippen LogP contribution in [0.4, 0.5) is 9.59 Å². The molecule has 0 aliphatic carbocycles. The first-order valence-corrected chi connectivity index (χ1v) is 13.0. The molecule has 2 N–H and O–H groups in total. The van der Waals surface area contributed by atoms with Gasteiger partial charge in [0.05, 0.1) is 12.2 Å². The SMILES string of the molecule is C/C=C/[C@H]1CN(C(=O)OC(C)(C)C)[C@H](C(=O)C=O)[C@@H]1O.C=CC[C@H]1CN(C(=O)OC(C)(C)C)[C@H](C(=O)C=O)[C@@H]1O. The number of nitrogens with zero attached hydrogens (tertiary/aromatic N) is 2. The number of likely N-dealkylation sites (tertiary alicyclic amines) is 2. The van der Waals surface area contributed by atoms with Crippen molar-refractivity contribution in [3.8, 4) is 0 Å². The predicted octanol–water partition coefficient (Wildman–Crippen LogP) is 1.85. The lowest BCUT2D eigenvalue weighted by atomic mass is 9.97. The van der Waals surface area contributed by atoms with E-state index in [2.05, 4.69) is 6.58 Å². The normalized spacial score (nSPS) is 26.5. The summed E-state index contributed by atoms with van der Waals surface area (Å²) in [5.41, 5.74) is -1.43. The molecule has 2 amide bonds. The largest absolute Gasteiger partial charge is 0.444 e. The van der Waals surface area contributed by atoms with Crippen molar-refractivity contribution in [2.75, 3.05) is 13.1 Å². The first-order valence-electron chi connectivity index (χ1n) is 13.0. The molecule has 0 saturated carbocycles. The third-order valence-electron chi connectivity index (χ3n) is 6.06. The summed E-state index contributed by atoms with van der Waals surface area (Å²) in [5.74, 6) is -2.36. The van der Waals surface area contributed by atoms with Crippen molar-refractivity contribution in [3.05, 3.63) is 24.8 Å². The number of carbonyl (C=O) groups excluding carboxylic acids is 6. The number of aliphatic hydroxyl groups is 2. The molecule has 2 aliphatic heterocycles. The van der Waals surface area contributed by atoms with Gasteiger partial charge in [-0.05, 0) is 54.9 Å². The standard InChI is InChI=1S/2C14H21NO5/c2*1-5-6-9-7-15(13(19)20-14(2,3)4)11(12(9)18)10(17)8-16/h5-6,8-9,11-12,18H,7H2,1-4H3;5,8-9,11-12,18H,1,6-7H2,2-4H3/b6-5+;/t2*9-,11+,12+/m00/s1. The Morgan fingerprint density at radius 2 is 1.25 bits per heavy atom. The fourth-order valence-electron chi connectivity index (χ4n) is 4.43. The molecule has 0 aromatic rings. The zero-order chi connectivity index (χ0) is 31.0. The van der Waals surface area contributed by atoms with Gasteiger partial charge in [0.25, 0.3) is 0 Å². The number of Topliss-reactive ketones (excluding diaryl/α,β-unsaturated/α-hetero) is 2. The number of ketones is 2. The van der Waals surface area contributed by atoms with Crippen LogP contribution in [0.15, 0.2) is 24.8 Å². The third-order valence-corrected chi connectivity index (χ3v) is 6.06. The quantitative estimate of drug-likeness (QED) is 0.264. The minimum absolute atomic E-state index is 0.127. The second-order valence-corrected chi connectivity index (χ2v) is 11.7. The van der Waals surface area contributed by atoms with E-state index in [0.717, 1.165) is 9.80 Å². The van der Waals surface area contributed by atoms with Gasteiger partial charge >= 0.3 is 12.2 Å². The molecule has 0 aromatic heterocycles. The van der Waals surface area contributed by atoms with E-state index in [0.29, 0.717) is 6.42 Å². The van der Waals surface area contributed by atoms with Crippen LogP contribution >= 0.6 is 0 Å². The summed E-state index contributed by atoms with van der Waals surface area (Å²) in [6.45, 7) is 15.9. The molecular formula is C28H42N2O10. The number of rotatable bonds is 7. The van der Waals surface area contributed by atoms with Crippen LogP contribution in [-0.4, -0.2) is 105 Å². The molecule has 2 heterocycles. The van der Waals surface area contributed by atoms with Crippen LogP contribution in [0.25, 0.3) is 0 Å². The lowest BCUT2D eigenvalue weighted by molar-refractivity contribution is -0.134. The van der Waals surface area contributed by atoms with Crippen molar-refractivity contribution < 1.29 is 48.5 Å². The van der Waals surface area contributed by atoms with E-state index >= 15 is 0 Å². The van der Waals surface area contributed by atoms with Gasteiger partial charge in [0, 0.05) is 24.9 Å². The maximum absolute atomic E-state index is 12.1. The van der Waals surface area contributed by atoms with Gasteiger partial charge in [-0.25, -0.2) is 9.59 Å². The summed E-state index contributed by atoms with van der Waals surface area (Å²) in [6, 6.07) is -2.35. The maximum atomic E-state index is 12.1. The first-order chi connectivity index (χ1) is 18.4. The highest BCUT2D eigenvalue weighted by molar-refractivity contribution is 6.28. The molecule has 12 nitrogen and oxygen atoms in total. The predicted molar refractivity (Wildman–Crippen MR) is 144 cm³/mol. The fraction of sp³-hybridized carbons (Fsp3) is 0.643. The van der Waals surface area contributed by atoms with E-state index in [4.69, 9.17) is 9.47 Å². The molecule has 12 heteroatoms. The van der Waals surface area contributed by atoms with Crippen molar-refractivity contribution >= 4 is 36.3 Å². The van der Waals surface area contributed by atoms with Crippen molar-refractivity contribution in [2.45, 2.75) is 90.4 Å².